The summed E-state index contributed by atoms with van der Waals surface area (Å²) in [6.07, 6.45) is 0.156. The molecular formula is C5H10O2S. The molecule has 0 fully saturated rings. The van der Waals surface area contributed by atoms with E-state index in [1.807, 2.05) is 0 Å². The molecule has 0 aromatic carbocycles. The maximum absolute atomic E-state index is 9.55. The number of thiol groups is 1. The van der Waals surface area contributed by atoms with Crippen LogP contribution in [0.5, 0.6) is 0 Å². The van der Waals surface area contributed by atoms with Crippen molar-refractivity contribution in [3.05, 3.63) is 13.2 Å². The highest BCUT2D eigenvalue weighted by atomic mass is 32.1. The van der Waals surface area contributed by atoms with E-state index in [9.17, 15) is 4.79 Å². The van der Waals surface area contributed by atoms with E-state index in [4.69, 9.17) is 5.11 Å². The van der Waals surface area contributed by atoms with Crippen molar-refractivity contribution in [2.24, 2.45) is 0 Å². The van der Waals surface area contributed by atoms with E-state index < -0.39 is 5.97 Å². The highest BCUT2D eigenvalue weighted by molar-refractivity contribution is 7.80. The van der Waals surface area contributed by atoms with Crippen LogP contribution in [0.25, 0.3) is 0 Å². The molecule has 0 spiro atoms. The molecule has 0 aliphatic carbocycles. The topological polar surface area (TPSA) is 37.3 Å². The van der Waals surface area contributed by atoms with Crippen molar-refractivity contribution in [3.8, 4) is 0 Å². The second-order valence-electron chi connectivity index (χ2n) is 0.867. The Kier molecular flexibility index (Phi) is 12.8. The predicted molar refractivity (Wildman–Crippen MR) is 37.4 cm³/mol. The van der Waals surface area contributed by atoms with Crippen molar-refractivity contribution < 1.29 is 9.90 Å². The molecule has 0 aromatic rings. The first-order valence-electron chi connectivity index (χ1n) is 2.10. The van der Waals surface area contributed by atoms with Crippen LogP contribution in [0, 0.1) is 0 Å². The summed E-state index contributed by atoms with van der Waals surface area (Å²) in [5.41, 5.74) is 0. The van der Waals surface area contributed by atoms with Crippen LogP contribution in [-0.4, -0.2) is 16.8 Å². The molecule has 0 saturated heterocycles. The van der Waals surface area contributed by atoms with E-state index in [1.54, 1.807) is 0 Å². The Balaban J connectivity index is 0. The smallest absolute Gasteiger partial charge is 0.304 e. The molecule has 0 bridgehead atoms. The third-order valence-corrected chi connectivity index (χ3v) is 0.549. The maximum Gasteiger partial charge on any atom is 0.304 e. The van der Waals surface area contributed by atoms with Gasteiger partial charge in [0.05, 0.1) is 6.42 Å². The molecule has 0 aliphatic heterocycles. The number of hydrogen-bond donors (Lipinski definition) is 2. The molecule has 0 unspecified atom stereocenters. The molecule has 0 amide bonds. The highest BCUT2D eigenvalue weighted by Crippen LogP contribution is 1.79. The quantitative estimate of drug-likeness (QED) is 0.439. The zero-order chi connectivity index (χ0) is 6.99. The fourth-order valence-corrected chi connectivity index (χ4v) is 0.287. The standard InChI is InChI=1S/C3H6O2S.C2H4/c4-3(5)1-2-6;1-2/h6H,1-2H2,(H,4,5);1-2H2. The van der Waals surface area contributed by atoms with Gasteiger partial charge in [-0.1, -0.05) is 0 Å². The Bertz CT molecular complexity index is 63.4. The van der Waals surface area contributed by atoms with Gasteiger partial charge in [0.1, 0.15) is 0 Å². The fourth-order valence-electron chi connectivity index (χ4n) is 0.0956. The summed E-state index contributed by atoms with van der Waals surface area (Å²) in [5, 5.41) is 7.86. The number of rotatable bonds is 2. The van der Waals surface area contributed by atoms with Crippen LogP contribution in [0.1, 0.15) is 6.42 Å². The lowest BCUT2D eigenvalue weighted by atomic mass is 10.5. The van der Waals surface area contributed by atoms with E-state index in [-0.39, 0.29) is 6.42 Å². The third-order valence-electron chi connectivity index (χ3n) is 0.326. The van der Waals surface area contributed by atoms with Crippen molar-refractivity contribution in [3.63, 3.8) is 0 Å². The van der Waals surface area contributed by atoms with Gasteiger partial charge in [-0.05, 0) is 0 Å². The molecule has 3 heteroatoms. The normalized spacial score (nSPS) is 6.62. The van der Waals surface area contributed by atoms with Crippen molar-refractivity contribution in [1.29, 1.82) is 0 Å². The molecule has 0 atom stereocenters. The average Bonchev–Trinajstić information content (AvgIpc) is 1.72. The molecule has 0 aromatic heterocycles. The fraction of sp³-hybridized carbons (Fsp3) is 0.400. The van der Waals surface area contributed by atoms with Gasteiger partial charge >= 0.3 is 5.97 Å². The van der Waals surface area contributed by atoms with Crippen molar-refractivity contribution in [1.82, 2.24) is 0 Å². The van der Waals surface area contributed by atoms with Gasteiger partial charge in [0.25, 0.3) is 0 Å². The molecule has 0 heterocycles. The lowest BCUT2D eigenvalue weighted by molar-refractivity contribution is -0.136. The van der Waals surface area contributed by atoms with Gasteiger partial charge in [-0.15, -0.1) is 13.2 Å². The van der Waals surface area contributed by atoms with Crippen molar-refractivity contribution in [2.75, 3.05) is 5.75 Å². The Morgan fingerprint density at radius 2 is 2.00 bits per heavy atom. The maximum atomic E-state index is 9.55. The molecule has 0 rings (SSSR count). The van der Waals surface area contributed by atoms with Crippen LogP contribution < -0.4 is 0 Å². The van der Waals surface area contributed by atoms with E-state index in [0.717, 1.165) is 0 Å². The molecule has 0 radical (unpaired) electrons. The van der Waals surface area contributed by atoms with Gasteiger partial charge < -0.3 is 5.11 Å². The van der Waals surface area contributed by atoms with Gasteiger partial charge in [-0.2, -0.15) is 12.6 Å². The summed E-state index contributed by atoms with van der Waals surface area (Å²) in [6, 6.07) is 0. The first-order valence-corrected chi connectivity index (χ1v) is 2.73. The van der Waals surface area contributed by atoms with Crippen LogP contribution in [0.2, 0.25) is 0 Å². The molecule has 0 saturated carbocycles. The SMILES string of the molecule is C=C.O=C(O)CCS. The first kappa shape index (κ1) is 10.5. The molecular weight excluding hydrogens is 124 g/mol. The summed E-state index contributed by atoms with van der Waals surface area (Å²) in [4.78, 5) is 9.55. The number of aliphatic carboxylic acids is 1. The second kappa shape index (κ2) is 9.75. The monoisotopic (exact) mass is 134 g/mol. The lowest BCUT2D eigenvalue weighted by Gasteiger charge is -1.79. The average molecular weight is 134 g/mol. The summed E-state index contributed by atoms with van der Waals surface area (Å²) < 4.78 is 0. The minimum absolute atomic E-state index is 0.156. The first-order chi connectivity index (χ1) is 3.77. The molecule has 1 N–H and O–H groups in total. The summed E-state index contributed by atoms with van der Waals surface area (Å²) >= 11 is 3.68. The van der Waals surface area contributed by atoms with E-state index in [1.165, 1.54) is 0 Å². The molecule has 48 valence electrons. The van der Waals surface area contributed by atoms with Gasteiger partial charge in [0.2, 0.25) is 0 Å². The largest absolute Gasteiger partial charge is 0.481 e. The van der Waals surface area contributed by atoms with Crippen molar-refractivity contribution >= 4 is 18.6 Å². The molecule has 2 nitrogen and oxygen atoms in total. The van der Waals surface area contributed by atoms with Crippen LogP contribution in [0.15, 0.2) is 13.2 Å². The Hall–Kier alpha value is -0.440. The number of carboxylic acids is 1. The summed E-state index contributed by atoms with van der Waals surface area (Å²) in [6.45, 7) is 6.00. The van der Waals surface area contributed by atoms with Gasteiger partial charge in [0, 0.05) is 5.75 Å². The predicted octanol–water partition coefficient (Wildman–Crippen LogP) is 1.19. The van der Waals surface area contributed by atoms with E-state index in [0.29, 0.717) is 5.75 Å². The number of carboxylic acid groups (broad SMARTS) is 1. The molecule has 8 heavy (non-hydrogen) atoms. The van der Waals surface area contributed by atoms with Crippen LogP contribution in [0.3, 0.4) is 0 Å². The van der Waals surface area contributed by atoms with Gasteiger partial charge in [-0.3, -0.25) is 4.79 Å². The minimum Gasteiger partial charge on any atom is -0.481 e. The van der Waals surface area contributed by atoms with Gasteiger partial charge in [-0.25, -0.2) is 0 Å². The lowest BCUT2D eigenvalue weighted by Crippen LogP contribution is -1.93. The Morgan fingerprint density at radius 3 is 2.00 bits per heavy atom. The number of carbonyl (C=O) groups is 1. The van der Waals surface area contributed by atoms with E-state index in [2.05, 4.69) is 25.8 Å². The zero-order valence-electron chi connectivity index (χ0n) is 4.63. The van der Waals surface area contributed by atoms with Gasteiger partial charge in [0.15, 0.2) is 0 Å². The van der Waals surface area contributed by atoms with Crippen LogP contribution >= 0.6 is 12.6 Å². The Labute approximate surface area is 54.6 Å². The van der Waals surface area contributed by atoms with Crippen LogP contribution in [0.4, 0.5) is 0 Å². The van der Waals surface area contributed by atoms with E-state index >= 15 is 0 Å². The summed E-state index contributed by atoms with van der Waals surface area (Å²) in [7, 11) is 0. The zero-order valence-corrected chi connectivity index (χ0v) is 5.53. The third kappa shape index (κ3) is 17.6. The minimum atomic E-state index is -0.787. The highest BCUT2D eigenvalue weighted by Gasteiger charge is 1.88. The van der Waals surface area contributed by atoms with Crippen molar-refractivity contribution in [2.45, 2.75) is 6.42 Å². The Morgan fingerprint density at radius 1 is 1.62 bits per heavy atom. The molecule has 0 aliphatic rings. The van der Waals surface area contributed by atoms with Crippen LogP contribution in [-0.2, 0) is 4.79 Å². The second-order valence-corrected chi connectivity index (χ2v) is 1.31. The summed E-state index contributed by atoms with van der Waals surface area (Å²) in [5.74, 6) is -0.361. The number of hydrogen-bond acceptors (Lipinski definition) is 2.